The van der Waals surface area contributed by atoms with Gasteiger partial charge in [0.25, 0.3) is 0 Å². The summed E-state index contributed by atoms with van der Waals surface area (Å²) in [6.07, 6.45) is 0. The molecule has 0 aliphatic rings. The van der Waals surface area contributed by atoms with E-state index in [1.807, 2.05) is 6.92 Å². The highest BCUT2D eigenvalue weighted by Gasteiger charge is 2.03. The van der Waals surface area contributed by atoms with E-state index < -0.39 is 5.82 Å². The Bertz CT molecular complexity index is 569. The number of benzene rings is 2. The molecule has 0 saturated carbocycles. The van der Waals surface area contributed by atoms with Crippen LogP contribution in [0.2, 0.25) is 5.02 Å². The molecule has 0 aliphatic carbocycles. The van der Waals surface area contributed by atoms with Gasteiger partial charge in [0.1, 0.15) is 11.6 Å². The molecule has 0 amide bonds. The molecule has 0 atom stereocenters. The van der Waals surface area contributed by atoms with Crippen LogP contribution in [-0.4, -0.2) is 6.61 Å². The predicted octanol–water partition coefficient (Wildman–Crippen LogP) is 4.20. The van der Waals surface area contributed by atoms with E-state index in [1.54, 1.807) is 24.3 Å². The fourth-order valence-corrected chi connectivity index (χ4v) is 1.96. The molecule has 19 heavy (non-hydrogen) atoms. The van der Waals surface area contributed by atoms with Crippen molar-refractivity contribution >= 4 is 28.7 Å². The van der Waals surface area contributed by atoms with E-state index >= 15 is 0 Å². The Morgan fingerprint density at radius 3 is 2.58 bits per heavy atom. The first-order chi connectivity index (χ1) is 9.06. The third-order valence-electron chi connectivity index (χ3n) is 2.39. The standard InChI is InChI=1S/C14H14ClFN2O/c1-2-19-14-7-11(17)6-13(8-14)18-12-4-9(15)3-10(16)5-12/h3-8,18H,2,17H2,1H3. The lowest BCUT2D eigenvalue weighted by atomic mass is 10.2. The molecular weight excluding hydrogens is 267 g/mol. The molecule has 0 bridgehead atoms. The quantitative estimate of drug-likeness (QED) is 0.825. The Morgan fingerprint density at radius 1 is 1.16 bits per heavy atom. The van der Waals surface area contributed by atoms with Crippen molar-refractivity contribution < 1.29 is 9.13 Å². The Labute approximate surface area is 116 Å². The minimum atomic E-state index is -0.399. The van der Waals surface area contributed by atoms with Crippen LogP contribution in [0.4, 0.5) is 21.5 Å². The van der Waals surface area contributed by atoms with Crippen molar-refractivity contribution in [2.75, 3.05) is 17.7 Å². The number of nitrogens with one attached hydrogen (secondary N) is 1. The molecule has 3 nitrogen and oxygen atoms in total. The summed E-state index contributed by atoms with van der Waals surface area (Å²) in [6.45, 7) is 2.44. The zero-order chi connectivity index (χ0) is 13.8. The van der Waals surface area contributed by atoms with Crippen molar-refractivity contribution in [2.45, 2.75) is 6.92 Å². The van der Waals surface area contributed by atoms with Gasteiger partial charge in [-0.05, 0) is 31.2 Å². The Kier molecular flexibility index (Phi) is 4.12. The number of hydrogen-bond acceptors (Lipinski definition) is 3. The van der Waals surface area contributed by atoms with Crippen molar-refractivity contribution in [3.8, 4) is 5.75 Å². The minimum Gasteiger partial charge on any atom is -0.494 e. The Morgan fingerprint density at radius 2 is 1.89 bits per heavy atom. The minimum absolute atomic E-state index is 0.330. The summed E-state index contributed by atoms with van der Waals surface area (Å²) in [6, 6.07) is 9.49. The van der Waals surface area contributed by atoms with Crippen LogP contribution in [0, 0.1) is 5.82 Å². The van der Waals surface area contributed by atoms with Crippen molar-refractivity contribution in [3.63, 3.8) is 0 Å². The van der Waals surface area contributed by atoms with Crippen LogP contribution < -0.4 is 15.8 Å². The van der Waals surface area contributed by atoms with Crippen molar-refractivity contribution in [1.82, 2.24) is 0 Å². The third-order valence-corrected chi connectivity index (χ3v) is 2.61. The van der Waals surface area contributed by atoms with E-state index in [0.29, 0.717) is 34.4 Å². The maximum absolute atomic E-state index is 13.2. The fraction of sp³-hybridized carbons (Fsp3) is 0.143. The van der Waals surface area contributed by atoms with Crippen LogP contribution in [0.25, 0.3) is 0 Å². The molecule has 3 N–H and O–H groups in total. The summed E-state index contributed by atoms with van der Waals surface area (Å²) in [5.74, 6) is 0.261. The molecule has 2 aromatic carbocycles. The summed E-state index contributed by atoms with van der Waals surface area (Å²) < 4.78 is 18.6. The molecule has 0 spiro atoms. The number of halogens is 2. The molecule has 2 aromatic rings. The van der Waals surface area contributed by atoms with Gasteiger partial charge >= 0.3 is 0 Å². The van der Waals surface area contributed by atoms with Gasteiger partial charge in [-0.3, -0.25) is 0 Å². The zero-order valence-corrected chi connectivity index (χ0v) is 11.2. The topological polar surface area (TPSA) is 47.3 Å². The second-order valence-corrected chi connectivity index (χ2v) is 4.44. The summed E-state index contributed by atoms with van der Waals surface area (Å²) in [4.78, 5) is 0. The lowest BCUT2D eigenvalue weighted by molar-refractivity contribution is 0.340. The molecule has 0 heterocycles. The predicted molar refractivity (Wildman–Crippen MR) is 76.7 cm³/mol. The number of anilines is 3. The van der Waals surface area contributed by atoms with Crippen LogP contribution in [-0.2, 0) is 0 Å². The Hall–Kier alpha value is -1.94. The molecule has 0 saturated heterocycles. The summed E-state index contributed by atoms with van der Waals surface area (Å²) in [5, 5.41) is 3.37. The van der Waals surface area contributed by atoms with Crippen LogP contribution in [0.3, 0.4) is 0 Å². The van der Waals surface area contributed by atoms with Crippen molar-refractivity contribution in [1.29, 1.82) is 0 Å². The molecular formula is C14H14ClFN2O. The molecule has 0 aromatic heterocycles. The zero-order valence-electron chi connectivity index (χ0n) is 10.4. The number of hydrogen-bond donors (Lipinski definition) is 2. The van der Waals surface area contributed by atoms with Crippen molar-refractivity contribution in [2.24, 2.45) is 0 Å². The maximum Gasteiger partial charge on any atom is 0.126 e. The van der Waals surface area contributed by atoms with E-state index in [2.05, 4.69) is 5.32 Å². The van der Waals surface area contributed by atoms with Gasteiger partial charge in [-0.25, -0.2) is 4.39 Å². The van der Waals surface area contributed by atoms with Crippen LogP contribution in [0.15, 0.2) is 36.4 Å². The monoisotopic (exact) mass is 280 g/mol. The first-order valence-electron chi connectivity index (χ1n) is 5.83. The first kappa shape index (κ1) is 13.5. The SMILES string of the molecule is CCOc1cc(N)cc(Nc2cc(F)cc(Cl)c2)c1. The average molecular weight is 281 g/mol. The lowest BCUT2D eigenvalue weighted by Crippen LogP contribution is -1.97. The molecule has 2 rings (SSSR count). The first-order valence-corrected chi connectivity index (χ1v) is 6.21. The van der Waals surface area contributed by atoms with Crippen LogP contribution in [0.5, 0.6) is 5.75 Å². The summed E-state index contributed by atoms with van der Waals surface area (Å²) >= 11 is 5.80. The fourth-order valence-electron chi connectivity index (χ4n) is 1.74. The van der Waals surface area contributed by atoms with E-state index in [4.69, 9.17) is 22.1 Å². The van der Waals surface area contributed by atoms with E-state index in [1.165, 1.54) is 12.1 Å². The highest BCUT2D eigenvalue weighted by atomic mass is 35.5. The smallest absolute Gasteiger partial charge is 0.126 e. The molecule has 5 heteroatoms. The highest BCUT2D eigenvalue weighted by molar-refractivity contribution is 6.30. The average Bonchev–Trinajstić information content (AvgIpc) is 2.26. The number of ether oxygens (including phenoxy) is 1. The second-order valence-electron chi connectivity index (χ2n) is 4.01. The van der Waals surface area contributed by atoms with Crippen molar-refractivity contribution in [3.05, 3.63) is 47.2 Å². The molecule has 0 aliphatic heterocycles. The van der Waals surface area contributed by atoms with E-state index in [9.17, 15) is 4.39 Å². The number of nitrogens with two attached hydrogens (primary N) is 1. The van der Waals surface area contributed by atoms with Gasteiger partial charge in [0.2, 0.25) is 0 Å². The molecule has 0 fully saturated rings. The van der Waals surface area contributed by atoms with Gasteiger partial charge in [0.05, 0.1) is 6.61 Å². The van der Waals surface area contributed by atoms with Gasteiger partial charge in [0.15, 0.2) is 0 Å². The van der Waals surface area contributed by atoms with Gasteiger partial charge in [-0.1, -0.05) is 11.6 Å². The lowest BCUT2D eigenvalue weighted by Gasteiger charge is -2.11. The van der Waals surface area contributed by atoms with Gasteiger partial charge < -0.3 is 15.8 Å². The number of nitrogen functional groups attached to an aromatic ring is 1. The van der Waals surface area contributed by atoms with Crippen LogP contribution in [0.1, 0.15) is 6.92 Å². The normalized spacial score (nSPS) is 10.3. The molecule has 0 radical (unpaired) electrons. The summed E-state index contributed by atoms with van der Waals surface area (Å²) in [7, 11) is 0. The van der Waals surface area contributed by atoms with E-state index in [-0.39, 0.29) is 0 Å². The highest BCUT2D eigenvalue weighted by Crippen LogP contribution is 2.27. The maximum atomic E-state index is 13.2. The molecule has 0 unspecified atom stereocenters. The molecule has 100 valence electrons. The second kappa shape index (κ2) is 5.80. The van der Waals surface area contributed by atoms with Gasteiger partial charge in [-0.15, -0.1) is 0 Å². The summed E-state index contributed by atoms with van der Waals surface area (Å²) in [5.41, 5.74) is 7.62. The largest absolute Gasteiger partial charge is 0.494 e. The van der Waals surface area contributed by atoms with Crippen LogP contribution >= 0.6 is 11.6 Å². The number of rotatable bonds is 4. The Balaban J connectivity index is 2.27. The van der Waals surface area contributed by atoms with Gasteiger partial charge in [-0.2, -0.15) is 0 Å². The van der Waals surface area contributed by atoms with Gasteiger partial charge in [0, 0.05) is 34.2 Å². The van der Waals surface area contributed by atoms with E-state index in [0.717, 1.165) is 0 Å². The third kappa shape index (κ3) is 3.76.